The van der Waals surface area contributed by atoms with Crippen LogP contribution in [0.4, 0.5) is 4.79 Å². The standard InChI is InChI=1S/C17H22N2O2S/c1-12-2-4-13(5-3-12)16(14-6-7-14)18-15(20)8-9-19-10-11-22-17(19)21/h2-5,14,16H,6-11H2,1H3,(H,18,20)/t16-/m1/s1. The molecule has 0 aromatic heterocycles. The van der Waals surface area contributed by atoms with E-state index in [-0.39, 0.29) is 17.2 Å². The summed E-state index contributed by atoms with van der Waals surface area (Å²) in [6.07, 6.45) is 2.75. The fourth-order valence-corrected chi connectivity index (χ4v) is 3.64. The molecule has 1 aromatic carbocycles. The van der Waals surface area contributed by atoms with Gasteiger partial charge in [-0.25, -0.2) is 0 Å². The van der Waals surface area contributed by atoms with Crippen molar-refractivity contribution in [3.8, 4) is 0 Å². The van der Waals surface area contributed by atoms with Crippen LogP contribution in [0.5, 0.6) is 0 Å². The van der Waals surface area contributed by atoms with E-state index < -0.39 is 0 Å². The maximum Gasteiger partial charge on any atom is 0.281 e. The molecule has 5 heteroatoms. The molecule has 1 aliphatic carbocycles. The number of amides is 2. The number of hydrogen-bond donors (Lipinski definition) is 1. The van der Waals surface area contributed by atoms with Crippen LogP contribution in [0.2, 0.25) is 0 Å². The fraction of sp³-hybridized carbons (Fsp3) is 0.529. The molecule has 118 valence electrons. The van der Waals surface area contributed by atoms with E-state index >= 15 is 0 Å². The highest BCUT2D eigenvalue weighted by Gasteiger charge is 2.33. The van der Waals surface area contributed by atoms with Crippen LogP contribution in [0.1, 0.15) is 36.4 Å². The second-order valence-electron chi connectivity index (χ2n) is 6.14. The van der Waals surface area contributed by atoms with Crippen molar-refractivity contribution in [2.75, 3.05) is 18.8 Å². The van der Waals surface area contributed by atoms with Gasteiger partial charge in [-0.1, -0.05) is 41.6 Å². The number of carbonyl (C=O) groups is 2. The number of aryl methyl sites for hydroxylation is 1. The van der Waals surface area contributed by atoms with E-state index in [0.29, 0.717) is 18.9 Å². The molecule has 1 heterocycles. The predicted molar refractivity (Wildman–Crippen MR) is 88.8 cm³/mol. The first-order valence-electron chi connectivity index (χ1n) is 7.91. The highest BCUT2D eigenvalue weighted by molar-refractivity contribution is 8.13. The van der Waals surface area contributed by atoms with Crippen molar-refractivity contribution in [1.82, 2.24) is 10.2 Å². The Morgan fingerprint density at radius 3 is 2.68 bits per heavy atom. The highest BCUT2D eigenvalue weighted by atomic mass is 32.2. The van der Waals surface area contributed by atoms with Gasteiger partial charge >= 0.3 is 0 Å². The summed E-state index contributed by atoms with van der Waals surface area (Å²) < 4.78 is 0. The van der Waals surface area contributed by atoms with Gasteiger partial charge in [-0.05, 0) is 31.2 Å². The molecule has 4 nitrogen and oxygen atoms in total. The van der Waals surface area contributed by atoms with E-state index in [1.54, 1.807) is 4.90 Å². The molecular weight excluding hydrogens is 296 g/mol. The summed E-state index contributed by atoms with van der Waals surface area (Å²) in [5.74, 6) is 1.45. The Labute approximate surface area is 135 Å². The molecule has 1 saturated heterocycles. The maximum atomic E-state index is 12.2. The normalized spacial score (nSPS) is 19.3. The largest absolute Gasteiger partial charge is 0.349 e. The van der Waals surface area contributed by atoms with Crippen molar-refractivity contribution in [3.63, 3.8) is 0 Å². The van der Waals surface area contributed by atoms with E-state index in [1.807, 2.05) is 0 Å². The fourth-order valence-electron chi connectivity index (χ4n) is 2.79. The Hall–Kier alpha value is -1.49. The van der Waals surface area contributed by atoms with Crippen molar-refractivity contribution in [2.45, 2.75) is 32.2 Å². The third kappa shape index (κ3) is 3.83. The topological polar surface area (TPSA) is 49.4 Å². The van der Waals surface area contributed by atoms with Gasteiger partial charge in [-0.15, -0.1) is 0 Å². The first kappa shape index (κ1) is 15.4. The van der Waals surface area contributed by atoms with E-state index in [4.69, 9.17) is 0 Å². The Kier molecular flexibility index (Phi) is 4.71. The lowest BCUT2D eigenvalue weighted by Gasteiger charge is -2.20. The lowest BCUT2D eigenvalue weighted by molar-refractivity contribution is -0.122. The Balaban J connectivity index is 1.55. The molecule has 2 fully saturated rings. The summed E-state index contributed by atoms with van der Waals surface area (Å²) in [6.45, 7) is 3.36. The van der Waals surface area contributed by atoms with Crippen LogP contribution >= 0.6 is 11.8 Å². The van der Waals surface area contributed by atoms with Gasteiger partial charge in [0, 0.05) is 25.3 Å². The van der Waals surface area contributed by atoms with Crippen LogP contribution in [0.25, 0.3) is 0 Å². The average molecular weight is 318 g/mol. The Bertz CT molecular complexity index is 554. The van der Waals surface area contributed by atoms with Gasteiger partial charge in [0.1, 0.15) is 0 Å². The Morgan fingerprint density at radius 2 is 2.09 bits per heavy atom. The summed E-state index contributed by atoms with van der Waals surface area (Å²) in [5, 5.41) is 3.27. The van der Waals surface area contributed by atoms with Gasteiger partial charge in [0.25, 0.3) is 5.24 Å². The van der Waals surface area contributed by atoms with Crippen molar-refractivity contribution >= 4 is 22.9 Å². The van der Waals surface area contributed by atoms with Crippen molar-refractivity contribution in [1.29, 1.82) is 0 Å². The molecule has 0 unspecified atom stereocenters. The number of nitrogens with one attached hydrogen (secondary N) is 1. The SMILES string of the molecule is Cc1ccc([C@@H](NC(=O)CCN2CCSC2=O)C2CC2)cc1. The van der Waals surface area contributed by atoms with Crippen LogP contribution in [0.3, 0.4) is 0 Å². The lowest BCUT2D eigenvalue weighted by atomic mass is 10.0. The van der Waals surface area contributed by atoms with Crippen molar-refractivity contribution in [3.05, 3.63) is 35.4 Å². The van der Waals surface area contributed by atoms with Crippen LogP contribution in [0, 0.1) is 12.8 Å². The lowest BCUT2D eigenvalue weighted by Crippen LogP contribution is -2.33. The average Bonchev–Trinajstić information content (AvgIpc) is 3.26. The monoisotopic (exact) mass is 318 g/mol. The zero-order valence-electron chi connectivity index (χ0n) is 12.9. The maximum absolute atomic E-state index is 12.2. The van der Waals surface area contributed by atoms with E-state index in [0.717, 1.165) is 12.3 Å². The summed E-state index contributed by atoms with van der Waals surface area (Å²) in [7, 11) is 0. The number of nitrogens with zero attached hydrogens (tertiary/aromatic N) is 1. The molecule has 3 rings (SSSR count). The van der Waals surface area contributed by atoms with Crippen LogP contribution < -0.4 is 5.32 Å². The molecule has 0 spiro atoms. The molecule has 1 atom stereocenters. The van der Waals surface area contributed by atoms with Gasteiger partial charge in [-0.2, -0.15) is 0 Å². The quantitative estimate of drug-likeness (QED) is 0.877. The zero-order chi connectivity index (χ0) is 15.5. The molecule has 22 heavy (non-hydrogen) atoms. The molecule has 0 radical (unpaired) electrons. The third-order valence-electron chi connectivity index (χ3n) is 4.30. The summed E-state index contributed by atoms with van der Waals surface area (Å²) in [4.78, 5) is 25.5. The first-order valence-corrected chi connectivity index (χ1v) is 8.89. The van der Waals surface area contributed by atoms with Gasteiger partial charge in [0.2, 0.25) is 5.91 Å². The minimum absolute atomic E-state index is 0.0437. The highest BCUT2D eigenvalue weighted by Crippen LogP contribution is 2.41. The van der Waals surface area contributed by atoms with E-state index in [9.17, 15) is 9.59 Å². The van der Waals surface area contributed by atoms with Crippen molar-refractivity contribution in [2.24, 2.45) is 5.92 Å². The number of carbonyl (C=O) groups excluding carboxylic acids is 2. The van der Waals surface area contributed by atoms with Crippen LogP contribution in [-0.4, -0.2) is 34.9 Å². The molecule has 1 aliphatic heterocycles. The van der Waals surface area contributed by atoms with Crippen LogP contribution in [-0.2, 0) is 4.79 Å². The second-order valence-corrected chi connectivity index (χ2v) is 7.19. The third-order valence-corrected chi connectivity index (χ3v) is 5.19. The minimum Gasteiger partial charge on any atom is -0.349 e. The summed E-state index contributed by atoms with van der Waals surface area (Å²) >= 11 is 1.34. The zero-order valence-corrected chi connectivity index (χ0v) is 13.7. The van der Waals surface area contributed by atoms with E-state index in [2.05, 4.69) is 36.5 Å². The Morgan fingerprint density at radius 1 is 1.36 bits per heavy atom. The number of hydrogen-bond acceptors (Lipinski definition) is 3. The predicted octanol–water partition coefficient (Wildman–Crippen LogP) is 3.12. The molecule has 0 bridgehead atoms. The first-order chi connectivity index (χ1) is 10.6. The van der Waals surface area contributed by atoms with E-state index in [1.165, 1.54) is 35.7 Å². The van der Waals surface area contributed by atoms with Gasteiger partial charge < -0.3 is 10.2 Å². The van der Waals surface area contributed by atoms with Gasteiger partial charge in [-0.3, -0.25) is 9.59 Å². The molecule has 1 aromatic rings. The number of thioether (sulfide) groups is 1. The number of benzene rings is 1. The summed E-state index contributed by atoms with van der Waals surface area (Å²) in [5.41, 5.74) is 2.42. The molecule has 1 saturated carbocycles. The van der Waals surface area contributed by atoms with Gasteiger partial charge in [0.15, 0.2) is 0 Å². The smallest absolute Gasteiger partial charge is 0.281 e. The van der Waals surface area contributed by atoms with Gasteiger partial charge in [0.05, 0.1) is 6.04 Å². The minimum atomic E-state index is 0.0437. The molecule has 2 aliphatic rings. The summed E-state index contributed by atoms with van der Waals surface area (Å²) in [6, 6.07) is 8.53. The van der Waals surface area contributed by atoms with Crippen LogP contribution in [0.15, 0.2) is 24.3 Å². The number of rotatable bonds is 6. The van der Waals surface area contributed by atoms with Crippen molar-refractivity contribution < 1.29 is 9.59 Å². The second kappa shape index (κ2) is 6.73. The molecular formula is C17H22N2O2S. The molecule has 2 amide bonds. The molecule has 1 N–H and O–H groups in total.